The molecule has 1 unspecified atom stereocenters. The maximum atomic E-state index is 12.6. The minimum absolute atomic E-state index is 0.00390. The number of amides is 1. The van der Waals surface area contributed by atoms with E-state index in [1.54, 1.807) is 0 Å². The van der Waals surface area contributed by atoms with Crippen molar-refractivity contribution in [2.45, 2.75) is 38.6 Å². The molecule has 0 aliphatic heterocycles. The molecular weight excluding hydrogens is 304 g/mol. The topological polar surface area (TPSA) is 69.6 Å². The van der Waals surface area contributed by atoms with Crippen LogP contribution in [0, 0.1) is 18.8 Å². The number of carbonyl (C=O) groups excluding carboxylic acids is 1. The molecule has 0 saturated heterocycles. The van der Waals surface area contributed by atoms with E-state index in [1.165, 1.54) is 5.56 Å². The number of carboxylic acid groups (broad SMARTS) is 1. The van der Waals surface area contributed by atoms with E-state index >= 15 is 0 Å². The van der Waals surface area contributed by atoms with Crippen molar-refractivity contribution in [2.75, 3.05) is 20.6 Å². The predicted octanol–water partition coefficient (Wildman–Crippen LogP) is 2.60. The first-order chi connectivity index (χ1) is 11.4. The van der Waals surface area contributed by atoms with Gasteiger partial charge in [0.2, 0.25) is 5.91 Å². The van der Waals surface area contributed by atoms with Gasteiger partial charge >= 0.3 is 5.97 Å². The molecule has 0 spiro atoms. The minimum atomic E-state index is -0.690. The molecule has 1 fully saturated rings. The largest absolute Gasteiger partial charge is 0.481 e. The number of hydrogen-bond acceptors (Lipinski definition) is 3. The van der Waals surface area contributed by atoms with Crippen LogP contribution in [0.2, 0.25) is 0 Å². The average Bonchev–Trinajstić information content (AvgIpc) is 2.55. The maximum absolute atomic E-state index is 12.6. The monoisotopic (exact) mass is 332 g/mol. The first kappa shape index (κ1) is 18.5. The van der Waals surface area contributed by atoms with Crippen molar-refractivity contribution in [3.63, 3.8) is 0 Å². The van der Waals surface area contributed by atoms with Gasteiger partial charge in [-0.15, -0.1) is 0 Å². The number of nitrogens with zero attached hydrogens (tertiary/aromatic N) is 1. The molecule has 0 bridgehead atoms. The fourth-order valence-corrected chi connectivity index (χ4v) is 3.39. The second-order valence-corrected chi connectivity index (χ2v) is 7.08. The van der Waals surface area contributed by atoms with E-state index in [4.69, 9.17) is 5.11 Å². The van der Waals surface area contributed by atoms with Gasteiger partial charge in [0.25, 0.3) is 0 Å². The summed E-state index contributed by atoms with van der Waals surface area (Å²) in [6.45, 7) is 2.66. The highest BCUT2D eigenvalue weighted by atomic mass is 16.4. The SMILES string of the molecule is Cc1ccc(C(C(=O)NCC2CCC(C(=O)O)CC2)N(C)C)cc1. The summed E-state index contributed by atoms with van der Waals surface area (Å²) in [6.07, 6.45) is 3.17. The number of likely N-dealkylation sites (N-methyl/N-ethyl adjacent to an activating group) is 1. The number of nitrogens with one attached hydrogen (secondary N) is 1. The molecule has 1 aliphatic rings. The molecule has 1 amide bonds. The lowest BCUT2D eigenvalue weighted by Crippen LogP contribution is -2.40. The van der Waals surface area contributed by atoms with Crippen LogP contribution in [0.1, 0.15) is 42.9 Å². The summed E-state index contributed by atoms with van der Waals surface area (Å²) in [5.74, 6) is -0.516. The van der Waals surface area contributed by atoms with E-state index in [2.05, 4.69) is 5.32 Å². The van der Waals surface area contributed by atoms with Crippen molar-refractivity contribution in [3.8, 4) is 0 Å². The van der Waals surface area contributed by atoms with Crippen molar-refractivity contribution in [3.05, 3.63) is 35.4 Å². The first-order valence-corrected chi connectivity index (χ1v) is 8.62. The standard InChI is InChI=1S/C19H28N2O3/c1-13-4-8-15(9-5-13)17(21(2)3)18(22)20-12-14-6-10-16(11-7-14)19(23)24/h4-5,8-9,14,16-17H,6-7,10-12H2,1-3H3,(H,20,22)(H,23,24). The highest BCUT2D eigenvalue weighted by molar-refractivity contribution is 5.83. The fourth-order valence-electron chi connectivity index (χ4n) is 3.39. The van der Waals surface area contributed by atoms with Crippen molar-refractivity contribution >= 4 is 11.9 Å². The molecule has 5 heteroatoms. The lowest BCUT2D eigenvalue weighted by atomic mass is 9.82. The Hall–Kier alpha value is -1.88. The average molecular weight is 332 g/mol. The number of rotatable bonds is 6. The van der Waals surface area contributed by atoms with Gasteiger partial charge in [0.05, 0.1) is 5.92 Å². The normalized spacial score (nSPS) is 22.2. The smallest absolute Gasteiger partial charge is 0.306 e. The van der Waals surface area contributed by atoms with Crippen molar-refractivity contribution in [2.24, 2.45) is 11.8 Å². The molecule has 2 N–H and O–H groups in total. The Morgan fingerprint density at radius 2 is 1.75 bits per heavy atom. The summed E-state index contributed by atoms with van der Waals surface area (Å²) < 4.78 is 0. The van der Waals surface area contributed by atoms with Gasteiger partial charge in [0.1, 0.15) is 6.04 Å². The molecule has 1 aromatic rings. The number of carbonyl (C=O) groups is 2. The Labute approximate surface area is 144 Å². The Kier molecular flexibility index (Phi) is 6.37. The van der Waals surface area contributed by atoms with Gasteiger partial charge in [0, 0.05) is 6.54 Å². The Bertz CT molecular complexity index is 560. The summed E-state index contributed by atoms with van der Waals surface area (Å²) in [6, 6.07) is 7.73. The zero-order chi connectivity index (χ0) is 17.7. The van der Waals surface area contributed by atoms with Gasteiger partial charge in [-0.1, -0.05) is 29.8 Å². The molecular formula is C19H28N2O3. The van der Waals surface area contributed by atoms with Crippen LogP contribution in [0.25, 0.3) is 0 Å². The van der Waals surface area contributed by atoms with Crippen LogP contribution in [0.4, 0.5) is 0 Å². The number of aliphatic carboxylic acids is 1. The van der Waals surface area contributed by atoms with Gasteiger partial charge in [-0.2, -0.15) is 0 Å². The molecule has 1 aliphatic carbocycles. The van der Waals surface area contributed by atoms with Gasteiger partial charge in [0.15, 0.2) is 0 Å². The molecule has 1 saturated carbocycles. The second-order valence-electron chi connectivity index (χ2n) is 7.08. The number of carboxylic acids is 1. The van der Waals surface area contributed by atoms with Gasteiger partial charge in [-0.25, -0.2) is 0 Å². The van der Waals surface area contributed by atoms with E-state index in [9.17, 15) is 9.59 Å². The Morgan fingerprint density at radius 3 is 2.25 bits per heavy atom. The van der Waals surface area contributed by atoms with Crippen LogP contribution < -0.4 is 5.32 Å². The van der Waals surface area contributed by atoms with Crippen molar-refractivity contribution in [1.29, 1.82) is 0 Å². The highest BCUT2D eigenvalue weighted by Gasteiger charge is 2.27. The second kappa shape index (κ2) is 8.29. The van der Waals surface area contributed by atoms with Crippen LogP contribution in [0.3, 0.4) is 0 Å². The van der Waals surface area contributed by atoms with E-state index in [-0.39, 0.29) is 17.9 Å². The molecule has 1 aromatic carbocycles. The molecule has 2 rings (SSSR count). The van der Waals surface area contributed by atoms with E-state index in [0.29, 0.717) is 25.3 Å². The lowest BCUT2D eigenvalue weighted by Gasteiger charge is -2.28. The zero-order valence-corrected chi connectivity index (χ0v) is 14.8. The molecule has 0 heterocycles. The van der Waals surface area contributed by atoms with Gasteiger partial charge in [-0.05, 0) is 58.2 Å². The van der Waals surface area contributed by atoms with E-state index in [1.807, 2.05) is 50.2 Å². The highest BCUT2D eigenvalue weighted by Crippen LogP contribution is 2.28. The predicted molar refractivity (Wildman–Crippen MR) is 93.7 cm³/mol. The van der Waals surface area contributed by atoms with Gasteiger partial charge < -0.3 is 10.4 Å². The molecule has 132 valence electrons. The number of hydrogen-bond donors (Lipinski definition) is 2. The summed E-state index contributed by atoms with van der Waals surface area (Å²) >= 11 is 0. The summed E-state index contributed by atoms with van der Waals surface area (Å²) in [7, 11) is 3.81. The van der Waals surface area contributed by atoms with Crippen molar-refractivity contribution in [1.82, 2.24) is 10.2 Å². The summed E-state index contributed by atoms with van der Waals surface area (Å²) in [4.78, 5) is 25.6. The van der Waals surface area contributed by atoms with Crippen molar-refractivity contribution < 1.29 is 14.7 Å². The third-order valence-corrected chi connectivity index (χ3v) is 4.92. The third kappa shape index (κ3) is 4.81. The molecule has 0 aromatic heterocycles. The number of aryl methyl sites for hydroxylation is 1. The Morgan fingerprint density at radius 1 is 1.17 bits per heavy atom. The van der Waals surface area contributed by atoms with Crippen LogP contribution >= 0.6 is 0 Å². The van der Waals surface area contributed by atoms with E-state index in [0.717, 1.165) is 18.4 Å². The van der Waals surface area contributed by atoms with E-state index < -0.39 is 5.97 Å². The lowest BCUT2D eigenvalue weighted by molar-refractivity contribution is -0.143. The van der Waals surface area contributed by atoms with Crippen LogP contribution in [-0.2, 0) is 9.59 Å². The summed E-state index contributed by atoms with van der Waals surface area (Å²) in [5.41, 5.74) is 2.16. The quantitative estimate of drug-likeness (QED) is 0.840. The van der Waals surface area contributed by atoms with Crippen LogP contribution in [0.15, 0.2) is 24.3 Å². The van der Waals surface area contributed by atoms with Gasteiger partial charge in [-0.3, -0.25) is 14.5 Å². The molecule has 1 atom stereocenters. The molecule has 5 nitrogen and oxygen atoms in total. The van der Waals surface area contributed by atoms with Crippen LogP contribution in [-0.4, -0.2) is 42.5 Å². The fraction of sp³-hybridized carbons (Fsp3) is 0.579. The Balaban J connectivity index is 1.90. The zero-order valence-electron chi connectivity index (χ0n) is 14.8. The number of benzene rings is 1. The molecule has 24 heavy (non-hydrogen) atoms. The maximum Gasteiger partial charge on any atom is 0.306 e. The minimum Gasteiger partial charge on any atom is -0.481 e. The first-order valence-electron chi connectivity index (χ1n) is 8.62. The van der Waals surface area contributed by atoms with Crippen LogP contribution in [0.5, 0.6) is 0 Å². The third-order valence-electron chi connectivity index (χ3n) is 4.92. The molecule has 0 radical (unpaired) electrons. The summed E-state index contributed by atoms with van der Waals surface area (Å²) in [5, 5.41) is 12.1.